The number of nitrogens with one attached hydrogen (secondary N) is 3. The van der Waals surface area contributed by atoms with Crippen LogP contribution < -0.4 is 15.5 Å². The molecular weight excluding hydrogens is 406 g/mol. The number of anilines is 4. The van der Waals surface area contributed by atoms with Crippen molar-refractivity contribution in [1.29, 1.82) is 0 Å². The van der Waals surface area contributed by atoms with Gasteiger partial charge in [-0.25, -0.2) is 9.97 Å². The van der Waals surface area contributed by atoms with Crippen LogP contribution in [0.1, 0.15) is 36.0 Å². The summed E-state index contributed by atoms with van der Waals surface area (Å²) < 4.78 is 5.78. The second-order valence-corrected chi connectivity index (χ2v) is 7.87. The van der Waals surface area contributed by atoms with Crippen molar-refractivity contribution in [3.05, 3.63) is 53.7 Å². The average molecular weight is 432 g/mol. The molecule has 5 rings (SSSR count). The number of hydrogen-bond donors (Lipinski definition) is 3. The summed E-state index contributed by atoms with van der Waals surface area (Å²) in [4.78, 5) is 16.0. The van der Waals surface area contributed by atoms with Crippen LogP contribution in [0.3, 0.4) is 0 Å². The molecule has 0 saturated carbocycles. The fraction of sp³-hybridized carbons (Fsp3) is 0.318. The van der Waals surface area contributed by atoms with Crippen molar-refractivity contribution in [1.82, 2.24) is 30.3 Å². The Morgan fingerprint density at radius 1 is 1.16 bits per heavy atom. The Kier molecular flexibility index (Phi) is 5.18. The first kappa shape index (κ1) is 20.0. The number of hydrogen-bond acceptors (Lipinski definition) is 9. The molecule has 0 amide bonds. The summed E-state index contributed by atoms with van der Waals surface area (Å²) >= 11 is 0. The predicted octanol–water partition coefficient (Wildman–Crippen LogP) is 3.99. The molecule has 1 saturated heterocycles. The highest BCUT2D eigenvalue weighted by Crippen LogP contribution is 2.37. The van der Waals surface area contributed by atoms with E-state index in [-0.39, 0.29) is 6.04 Å². The molecule has 1 aliphatic heterocycles. The maximum atomic E-state index is 5.78. The topological polar surface area (TPSA) is 121 Å². The Morgan fingerprint density at radius 3 is 2.88 bits per heavy atom. The molecule has 0 bridgehead atoms. The summed E-state index contributed by atoms with van der Waals surface area (Å²) in [5, 5.41) is 17.8. The van der Waals surface area contributed by atoms with Gasteiger partial charge in [-0.2, -0.15) is 10.1 Å². The molecule has 10 heteroatoms. The lowest BCUT2D eigenvalue weighted by atomic mass is 10.1. The highest BCUT2D eigenvalue weighted by atomic mass is 16.5. The number of rotatable bonds is 6. The van der Waals surface area contributed by atoms with Gasteiger partial charge in [0.25, 0.3) is 0 Å². The van der Waals surface area contributed by atoms with Gasteiger partial charge in [0.05, 0.1) is 6.04 Å². The first-order valence-corrected chi connectivity index (χ1v) is 10.6. The zero-order chi connectivity index (χ0) is 22.1. The number of aryl methyl sites for hydroxylation is 2. The highest BCUT2D eigenvalue weighted by Gasteiger charge is 2.32. The van der Waals surface area contributed by atoms with Crippen molar-refractivity contribution < 1.29 is 4.52 Å². The molecule has 164 valence electrons. The average Bonchev–Trinajstić information content (AvgIpc) is 3.54. The number of aromatic nitrogens is 6. The summed E-state index contributed by atoms with van der Waals surface area (Å²) in [6.45, 7) is 4.77. The highest BCUT2D eigenvalue weighted by molar-refractivity contribution is 5.72. The van der Waals surface area contributed by atoms with Gasteiger partial charge in [-0.05, 0) is 38.8 Å². The van der Waals surface area contributed by atoms with Gasteiger partial charge in [0.2, 0.25) is 5.95 Å². The van der Waals surface area contributed by atoms with Crippen LogP contribution in [0.25, 0.3) is 11.3 Å². The third kappa shape index (κ3) is 3.86. The van der Waals surface area contributed by atoms with Crippen LogP contribution in [0, 0.1) is 13.8 Å². The van der Waals surface area contributed by atoms with E-state index in [2.05, 4.69) is 35.9 Å². The molecule has 10 nitrogen and oxygen atoms in total. The summed E-state index contributed by atoms with van der Waals surface area (Å²) in [6, 6.07) is 9.72. The van der Waals surface area contributed by atoms with Crippen molar-refractivity contribution in [3.8, 4) is 11.3 Å². The minimum atomic E-state index is 0.0215. The van der Waals surface area contributed by atoms with Crippen molar-refractivity contribution >= 4 is 23.4 Å². The van der Waals surface area contributed by atoms with Gasteiger partial charge in [0, 0.05) is 54.9 Å². The molecule has 1 unspecified atom stereocenters. The molecule has 0 aromatic carbocycles. The Hall–Kier alpha value is -3.95. The lowest BCUT2D eigenvalue weighted by molar-refractivity contribution is 0.362. The van der Waals surface area contributed by atoms with E-state index in [1.807, 2.05) is 51.2 Å². The van der Waals surface area contributed by atoms with Crippen LogP contribution in [-0.2, 0) is 0 Å². The number of H-pyrrole nitrogens is 1. The molecule has 3 N–H and O–H groups in total. The number of aromatic amines is 1. The molecule has 1 fully saturated rings. The first-order valence-electron chi connectivity index (χ1n) is 10.6. The molecule has 0 spiro atoms. The Labute approximate surface area is 185 Å². The summed E-state index contributed by atoms with van der Waals surface area (Å²) in [5.74, 6) is 3.66. The van der Waals surface area contributed by atoms with Crippen LogP contribution in [-0.4, -0.2) is 43.9 Å². The van der Waals surface area contributed by atoms with Crippen LogP contribution in [0.4, 0.5) is 23.4 Å². The van der Waals surface area contributed by atoms with Crippen LogP contribution >= 0.6 is 0 Å². The fourth-order valence-electron chi connectivity index (χ4n) is 4.05. The maximum Gasteiger partial charge on any atom is 0.228 e. The molecule has 1 atom stereocenters. The van der Waals surface area contributed by atoms with E-state index in [9.17, 15) is 0 Å². The zero-order valence-corrected chi connectivity index (χ0v) is 18.3. The van der Waals surface area contributed by atoms with E-state index < -0.39 is 0 Å². The lowest BCUT2D eigenvalue weighted by Crippen LogP contribution is -2.25. The Bertz CT molecular complexity index is 1230. The van der Waals surface area contributed by atoms with Crippen LogP contribution in [0.15, 0.2) is 41.1 Å². The van der Waals surface area contributed by atoms with Gasteiger partial charge < -0.3 is 20.1 Å². The molecule has 32 heavy (non-hydrogen) atoms. The summed E-state index contributed by atoms with van der Waals surface area (Å²) in [7, 11) is 1.84. The predicted molar refractivity (Wildman–Crippen MR) is 122 cm³/mol. The third-order valence-electron chi connectivity index (χ3n) is 5.49. The van der Waals surface area contributed by atoms with Gasteiger partial charge in [0.15, 0.2) is 11.6 Å². The maximum absolute atomic E-state index is 5.78. The van der Waals surface area contributed by atoms with E-state index in [1.54, 1.807) is 6.20 Å². The van der Waals surface area contributed by atoms with Gasteiger partial charge in [0.1, 0.15) is 17.3 Å². The minimum Gasteiger partial charge on any atom is -0.373 e. The number of pyridine rings is 1. The second-order valence-electron chi connectivity index (χ2n) is 7.87. The quantitative estimate of drug-likeness (QED) is 0.416. The van der Waals surface area contributed by atoms with E-state index in [0.717, 1.165) is 59.4 Å². The van der Waals surface area contributed by atoms with Gasteiger partial charge in [-0.1, -0.05) is 5.16 Å². The second kappa shape index (κ2) is 8.29. The minimum absolute atomic E-state index is 0.0215. The smallest absolute Gasteiger partial charge is 0.228 e. The molecule has 5 heterocycles. The normalized spacial score (nSPS) is 15.8. The molecular formula is C22H25N9O. The van der Waals surface area contributed by atoms with Crippen molar-refractivity contribution in [3.63, 3.8) is 0 Å². The van der Waals surface area contributed by atoms with E-state index in [1.165, 1.54) is 0 Å². The molecule has 0 radical (unpaired) electrons. The molecule has 1 aliphatic rings. The van der Waals surface area contributed by atoms with Crippen LogP contribution in [0.5, 0.6) is 0 Å². The molecule has 4 aromatic heterocycles. The first-order chi connectivity index (χ1) is 15.6. The van der Waals surface area contributed by atoms with Gasteiger partial charge in [-0.3, -0.25) is 5.10 Å². The lowest BCUT2D eigenvalue weighted by Gasteiger charge is -2.23. The summed E-state index contributed by atoms with van der Waals surface area (Å²) in [5.41, 5.74) is 3.52. The van der Waals surface area contributed by atoms with Crippen LogP contribution in [0.2, 0.25) is 0 Å². The SMILES string of the molecule is CNc1ncccc1-c1cc(C2CCCN2c2nc(C)cc(Nc3cc(C)[nH]n3)n2)on1. The largest absolute Gasteiger partial charge is 0.373 e. The molecule has 0 aliphatic carbocycles. The van der Waals surface area contributed by atoms with E-state index in [0.29, 0.717) is 11.8 Å². The van der Waals surface area contributed by atoms with E-state index >= 15 is 0 Å². The summed E-state index contributed by atoms with van der Waals surface area (Å²) in [6.07, 6.45) is 3.72. The standard InChI is InChI=1S/C22H25N9O/c1-13-10-19(26-20-11-14(2)28-29-20)27-22(25-13)31-9-5-7-17(31)18-12-16(30-32-18)15-6-4-8-24-21(15)23-3/h4,6,8,10-12,17H,5,7,9H2,1-3H3,(H,23,24)(H2,25,26,27,28,29). The van der Waals surface area contributed by atoms with Crippen molar-refractivity contribution in [2.24, 2.45) is 0 Å². The zero-order valence-electron chi connectivity index (χ0n) is 18.3. The number of nitrogens with zero attached hydrogens (tertiary/aromatic N) is 6. The van der Waals surface area contributed by atoms with E-state index in [4.69, 9.17) is 14.5 Å². The Morgan fingerprint density at radius 2 is 2.06 bits per heavy atom. The third-order valence-corrected chi connectivity index (χ3v) is 5.49. The van der Waals surface area contributed by atoms with Gasteiger partial charge in [-0.15, -0.1) is 0 Å². The van der Waals surface area contributed by atoms with Gasteiger partial charge >= 0.3 is 0 Å². The molecule has 4 aromatic rings. The Balaban J connectivity index is 1.42. The van der Waals surface area contributed by atoms with Crippen molar-refractivity contribution in [2.45, 2.75) is 32.7 Å². The fourth-order valence-corrected chi connectivity index (χ4v) is 4.05. The van der Waals surface area contributed by atoms with Crippen molar-refractivity contribution in [2.75, 3.05) is 29.1 Å². The monoisotopic (exact) mass is 431 g/mol.